The lowest BCUT2D eigenvalue weighted by atomic mass is 10.1. The highest BCUT2D eigenvalue weighted by Gasteiger charge is 2.17. The smallest absolute Gasteiger partial charge is 0.142 e. The van der Waals surface area contributed by atoms with E-state index in [0.717, 1.165) is 25.4 Å². The first-order valence-corrected chi connectivity index (χ1v) is 7.25. The molecule has 3 heteroatoms. The van der Waals surface area contributed by atoms with Gasteiger partial charge >= 0.3 is 0 Å². The molecule has 0 saturated carbocycles. The van der Waals surface area contributed by atoms with Gasteiger partial charge in [-0.25, -0.2) is 0 Å². The molecular formula is C16H16BrNO. The van der Waals surface area contributed by atoms with E-state index in [2.05, 4.69) is 58.1 Å². The van der Waals surface area contributed by atoms with E-state index in [0.29, 0.717) is 0 Å². The fourth-order valence-electron chi connectivity index (χ4n) is 2.35. The van der Waals surface area contributed by atoms with E-state index in [4.69, 9.17) is 4.74 Å². The number of ether oxygens (including phenoxy) is 1. The number of halogens is 1. The van der Waals surface area contributed by atoms with Crippen LogP contribution in [0.15, 0.2) is 46.9 Å². The van der Waals surface area contributed by atoms with Crippen molar-refractivity contribution in [2.45, 2.75) is 13.5 Å². The van der Waals surface area contributed by atoms with E-state index in [1.807, 2.05) is 12.1 Å². The predicted octanol–water partition coefficient (Wildman–Crippen LogP) is 4.16. The van der Waals surface area contributed by atoms with Crippen molar-refractivity contribution in [3.05, 3.63) is 58.1 Å². The third-order valence-electron chi connectivity index (χ3n) is 3.43. The molecule has 0 unspecified atom stereocenters. The van der Waals surface area contributed by atoms with Crippen LogP contribution in [-0.2, 0) is 6.54 Å². The van der Waals surface area contributed by atoms with Gasteiger partial charge in [-0.3, -0.25) is 0 Å². The Morgan fingerprint density at radius 2 is 2.05 bits per heavy atom. The predicted molar refractivity (Wildman–Crippen MR) is 81.9 cm³/mol. The molecule has 0 bridgehead atoms. The number of anilines is 1. The van der Waals surface area contributed by atoms with Crippen LogP contribution in [0.1, 0.15) is 11.1 Å². The monoisotopic (exact) mass is 317 g/mol. The van der Waals surface area contributed by atoms with Crippen molar-refractivity contribution in [1.29, 1.82) is 0 Å². The number of benzene rings is 2. The SMILES string of the molecule is Cc1ccc(CN2CCOc3ccccc32)cc1Br. The van der Waals surface area contributed by atoms with Gasteiger partial charge in [0.2, 0.25) is 0 Å². The number of para-hydroxylation sites is 2. The molecule has 0 atom stereocenters. The lowest BCUT2D eigenvalue weighted by Gasteiger charge is -2.31. The van der Waals surface area contributed by atoms with Crippen molar-refractivity contribution < 1.29 is 4.74 Å². The molecule has 2 aromatic carbocycles. The first-order valence-electron chi connectivity index (χ1n) is 6.46. The van der Waals surface area contributed by atoms with E-state index in [9.17, 15) is 0 Å². The van der Waals surface area contributed by atoms with E-state index in [1.165, 1.54) is 21.3 Å². The van der Waals surface area contributed by atoms with Crippen LogP contribution in [-0.4, -0.2) is 13.2 Å². The van der Waals surface area contributed by atoms with Crippen molar-refractivity contribution in [3.8, 4) is 5.75 Å². The molecule has 2 nitrogen and oxygen atoms in total. The van der Waals surface area contributed by atoms with Crippen LogP contribution in [0.5, 0.6) is 5.75 Å². The second-order valence-electron chi connectivity index (χ2n) is 4.82. The Labute approximate surface area is 122 Å². The van der Waals surface area contributed by atoms with Crippen LogP contribution in [0.4, 0.5) is 5.69 Å². The number of fused-ring (bicyclic) bond motifs is 1. The number of nitrogens with zero attached hydrogens (tertiary/aromatic N) is 1. The summed E-state index contributed by atoms with van der Waals surface area (Å²) < 4.78 is 6.86. The standard InChI is InChI=1S/C16H16BrNO/c1-12-6-7-13(10-14(12)17)11-18-8-9-19-16-5-3-2-4-15(16)18/h2-7,10H,8-9,11H2,1H3. The minimum absolute atomic E-state index is 0.754. The summed E-state index contributed by atoms with van der Waals surface area (Å²) in [5.41, 5.74) is 3.77. The maximum atomic E-state index is 5.68. The van der Waals surface area contributed by atoms with Gasteiger partial charge in [-0.2, -0.15) is 0 Å². The zero-order chi connectivity index (χ0) is 13.2. The summed E-state index contributed by atoms with van der Waals surface area (Å²) in [6.45, 7) is 4.71. The Balaban J connectivity index is 1.86. The van der Waals surface area contributed by atoms with Gasteiger partial charge in [0.15, 0.2) is 0 Å². The second-order valence-corrected chi connectivity index (χ2v) is 5.68. The van der Waals surface area contributed by atoms with Crippen molar-refractivity contribution in [2.75, 3.05) is 18.1 Å². The minimum atomic E-state index is 0.754. The van der Waals surface area contributed by atoms with Gasteiger partial charge < -0.3 is 9.64 Å². The van der Waals surface area contributed by atoms with E-state index in [1.54, 1.807) is 0 Å². The van der Waals surface area contributed by atoms with Crippen molar-refractivity contribution in [3.63, 3.8) is 0 Å². The average Bonchev–Trinajstić information content (AvgIpc) is 2.43. The van der Waals surface area contributed by atoms with Crippen LogP contribution in [0.25, 0.3) is 0 Å². The van der Waals surface area contributed by atoms with Gasteiger partial charge in [-0.1, -0.05) is 40.2 Å². The molecule has 98 valence electrons. The molecule has 0 amide bonds. The number of hydrogen-bond acceptors (Lipinski definition) is 2. The topological polar surface area (TPSA) is 12.5 Å². The summed E-state index contributed by atoms with van der Waals surface area (Å²) in [6.07, 6.45) is 0. The first kappa shape index (κ1) is 12.5. The summed E-state index contributed by atoms with van der Waals surface area (Å²) in [4.78, 5) is 2.37. The molecule has 1 aliphatic heterocycles. The van der Waals surface area contributed by atoms with E-state index < -0.39 is 0 Å². The van der Waals surface area contributed by atoms with Crippen LogP contribution in [0.2, 0.25) is 0 Å². The second kappa shape index (κ2) is 5.25. The lowest BCUT2D eigenvalue weighted by molar-refractivity contribution is 0.307. The molecule has 0 aliphatic carbocycles. The largest absolute Gasteiger partial charge is 0.490 e. The first-order chi connectivity index (χ1) is 9.24. The van der Waals surface area contributed by atoms with Crippen molar-refractivity contribution in [2.24, 2.45) is 0 Å². The molecule has 2 aromatic rings. The highest BCUT2D eigenvalue weighted by atomic mass is 79.9. The Morgan fingerprint density at radius 1 is 1.21 bits per heavy atom. The quantitative estimate of drug-likeness (QED) is 0.824. The molecule has 0 fully saturated rings. The summed E-state index contributed by atoms with van der Waals surface area (Å²) in [6, 6.07) is 14.8. The summed E-state index contributed by atoms with van der Waals surface area (Å²) >= 11 is 3.60. The zero-order valence-electron chi connectivity index (χ0n) is 10.9. The maximum absolute atomic E-state index is 5.68. The third-order valence-corrected chi connectivity index (χ3v) is 4.29. The number of aryl methyl sites for hydroxylation is 1. The van der Waals surface area contributed by atoms with Crippen LogP contribution >= 0.6 is 15.9 Å². The molecule has 0 radical (unpaired) electrons. The number of rotatable bonds is 2. The van der Waals surface area contributed by atoms with E-state index in [-0.39, 0.29) is 0 Å². The molecule has 3 rings (SSSR count). The molecule has 0 N–H and O–H groups in total. The van der Waals surface area contributed by atoms with Gasteiger partial charge in [0.1, 0.15) is 12.4 Å². The maximum Gasteiger partial charge on any atom is 0.142 e. The van der Waals surface area contributed by atoms with Gasteiger partial charge in [0.05, 0.1) is 12.2 Å². The third kappa shape index (κ3) is 2.61. The molecule has 1 aliphatic rings. The molecule has 0 saturated heterocycles. The molecular weight excluding hydrogens is 302 g/mol. The Bertz CT molecular complexity index is 597. The summed E-state index contributed by atoms with van der Waals surface area (Å²) in [5.74, 6) is 0.986. The van der Waals surface area contributed by atoms with Gasteiger partial charge in [0, 0.05) is 11.0 Å². The van der Waals surface area contributed by atoms with Gasteiger partial charge in [-0.15, -0.1) is 0 Å². The Kier molecular flexibility index (Phi) is 3.47. The van der Waals surface area contributed by atoms with E-state index >= 15 is 0 Å². The molecule has 0 aromatic heterocycles. The van der Waals surface area contributed by atoms with Crippen molar-refractivity contribution in [1.82, 2.24) is 0 Å². The summed E-state index contributed by atoms with van der Waals surface area (Å²) in [7, 11) is 0. The molecule has 0 spiro atoms. The molecule has 1 heterocycles. The fourth-order valence-corrected chi connectivity index (χ4v) is 2.77. The van der Waals surface area contributed by atoms with Gasteiger partial charge in [-0.05, 0) is 36.2 Å². The van der Waals surface area contributed by atoms with Crippen molar-refractivity contribution >= 4 is 21.6 Å². The Morgan fingerprint density at radius 3 is 2.89 bits per heavy atom. The van der Waals surface area contributed by atoms with Crippen LogP contribution < -0.4 is 9.64 Å². The van der Waals surface area contributed by atoms with Crippen LogP contribution in [0, 0.1) is 6.92 Å². The fraction of sp³-hybridized carbons (Fsp3) is 0.250. The zero-order valence-corrected chi connectivity index (χ0v) is 12.5. The Hall–Kier alpha value is -1.48. The molecule has 19 heavy (non-hydrogen) atoms. The highest BCUT2D eigenvalue weighted by molar-refractivity contribution is 9.10. The number of hydrogen-bond donors (Lipinski definition) is 0. The average molecular weight is 318 g/mol. The lowest BCUT2D eigenvalue weighted by Crippen LogP contribution is -2.32. The summed E-state index contributed by atoms with van der Waals surface area (Å²) in [5, 5.41) is 0. The minimum Gasteiger partial charge on any atom is -0.490 e. The highest BCUT2D eigenvalue weighted by Crippen LogP contribution is 2.32. The van der Waals surface area contributed by atoms with Crippen LogP contribution in [0.3, 0.4) is 0 Å². The van der Waals surface area contributed by atoms with Gasteiger partial charge in [0.25, 0.3) is 0 Å². The normalized spacial score (nSPS) is 13.9.